The molecule has 4 heteroatoms. The van der Waals surface area contributed by atoms with Crippen LogP contribution in [0.2, 0.25) is 0 Å². The number of benzene rings is 1. The van der Waals surface area contributed by atoms with Gasteiger partial charge in [0.2, 0.25) is 0 Å². The van der Waals surface area contributed by atoms with Crippen molar-refractivity contribution in [1.82, 2.24) is 9.55 Å². The van der Waals surface area contributed by atoms with E-state index in [0.29, 0.717) is 12.8 Å². The lowest BCUT2D eigenvalue weighted by Gasteiger charge is -2.08. The molecule has 1 heterocycles. The molecule has 0 unspecified atom stereocenters. The largest absolute Gasteiger partial charge is 0.496 e. The third-order valence-corrected chi connectivity index (χ3v) is 3.08. The van der Waals surface area contributed by atoms with E-state index in [0.717, 1.165) is 23.7 Å². The van der Waals surface area contributed by atoms with Crippen molar-refractivity contribution < 1.29 is 9.53 Å². The van der Waals surface area contributed by atoms with Crippen LogP contribution in [-0.4, -0.2) is 22.4 Å². The molecule has 0 atom stereocenters. The van der Waals surface area contributed by atoms with Gasteiger partial charge in [0.1, 0.15) is 17.4 Å². The highest BCUT2D eigenvalue weighted by Crippen LogP contribution is 2.18. The maximum Gasteiger partial charge on any atom is 0.144 e. The molecule has 100 valence electrons. The number of hydrogen-bond donors (Lipinski definition) is 0. The molecule has 0 fully saturated rings. The molecule has 0 saturated carbocycles. The van der Waals surface area contributed by atoms with E-state index in [-0.39, 0.29) is 5.78 Å². The first-order valence-corrected chi connectivity index (χ1v) is 6.38. The standard InChI is InChI=1S/C15H18N2O2/c1-3-17-9-8-16-15(17)11-13(18)10-12-6-4-5-7-14(12)19-2/h4-9H,3,10-11H2,1-2H3. The molecule has 0 aliphatic carbocycles. The Bertz CT molecular complexity index is 561. The molecule has 0 N–H and O–H groups in total. The first-order valence-electron chi connectivity index (χ1n) is 6.38. The van der Waals surface area contributed by atoms with Crippen LogP contribution in [-0.2, 0) is 24.2 Å². The Morgan fingerprint density at radius 3 is 2.84 bits per heavy atom. The van der Waals surface area contributed by atoms with Crippen molar-refractivity contribution in [2.24, 2.45) is 0 Å². The average molecular weight is 258 g/mol. The molecule has 0 spiro atoms. The number of aryl methyl sites for hydroxylation is 1. The number of carbonyl (C=O) groups is 1. The summed E-state index contributed by atoms with van der Waals surface area (Å²) in [5.74, 6) is 1.72. The van der Waals surface area contributed by atoms with Crippen molar-refractivity contribution >= 4 is 5.78 Å². The van der Waals surface area contributed by atoms with Gasteiger partial charge in [-0.15, -0.1) is 0 Å². The summed E-state index contributed by atoms with van der Waals surface area (Å²) >= 11 is 0. The van der Waals surface area contributed by atoms with Crippen LogP contribution in [0.5, 0.6) is 5.75 Å². The summed E-state index contributed by atoms with van der Waals surface area (Å²) in [4.78, 5) is 16.3. The smallest absolute Gasteiger partial charge is 0.144 e. The zero-order valence-electron chi connectivity index (χ0n) is 11.3. The summed E-state index contributed by atoms with van der Waals surface area (Å²) in [6.07, 6.45) is 4.36. The van der Waals surface area contributed by atoms with E-state index in [4.69, 9.17) is 4.74 Å². The van der Waals surface area contributed by atoms with Gasteiger partial charge in [-0.05, 0) is 13.0 Å². The van der Waals surface area contributed by atoms with Crippen LogP contribution < -0.4 is 4.74 Å². The zero-order valence-corrected chi connectivity index (χ0v) is 11.3. The van der Waals surface area contributed by atoms with Gasteiger partial charge >= 0.3 is 0 Å². The highest BCUT2D eigenvalue weighted by Gasteiger charge is 2.11. The van der Waals surface area contributed by atoms with E-state index < -0.39 is 0 Å². The molecule has 0 radical (unpaired) electrons. The first-order chi connectivity index (χ1) is 9.24. The SMILES string of the molecule is CCn1ccnc1CC(=O)Cc1ccccc1OC. The number of hydrogen-bond acceptors (Lipinski definition) is 3. The highest BCUT2D eigenvalue weighted by molar-refractivity contribution is 5.83. The Kier molecular flexibility index (Phi) is 4.34. The van der Waals surface area contributed by atoms with E-state index >= 15 is 0 Å². The van der Waals surface area contributed by atoms with Gasteiger partial charge in [-0.2, -0.15) is 0 Å². The molecular weight excluding hydrogens is 240 g/mol. The quantitative estimate of drug-likeness (QED) is 0.798. The highest BCUT2D eigenvalue weighted by atomic mass is 16.5. The summed E-state index contributed by atoms with van der Waals surface area (Å²) in [5, 5.41) is 0. The maximum atomic E-state index is 12.1. The fourth-order valence-electron chi connectivity index (χ4n) is 2.10. The molecule has 1 aromatic heterocycles. The Hall–Kier alpha value is -2.10. The second kappa shape index (κ2) is 6.18. The molecule has 2 aromatic rings. The Morgan fingerprint density at radius 2 is 2.11 bits per heavy atom. The third-order valence-electron chi connectivity index (χ3n) is 3.08. The maximum absolute atomic E-state index is 12.1. The minimum atomic E-state index is 0.144. The summed E-state index contributed by atoms with van der Waals surface area (Å²) in [5.41, 5.74) is 0.921. The molecule has 19 heavy (non-hydrogen) atoms. The molecule has 0 aliphatic rings. The summed E-state index contributed by atoms with van der Waals surface area (Å²) in [7, 11) is 1.62. The lowest BCUT2D eigenvalue weighted by molar-refractivity contribution is -0.117. The van der Waals surface area contributed by atoms with Crippen LogP contribution in [0.15, 0.2) is 36.7 Å². The van der Waals surface area contributed by atoms with E-state index in [1.807, 2.05) is 42.0 Å². The average Bonchev–Trinajstić information content (AvgIpc) is 2.86. The number of para-hydroxylation sites is 1. The van der Waals surface area contributed by atoms with Crippen molar-refractivity contribution in [2.45, 2.75) is 26.3 Å². The first kappa shape index (κ1) is 13.3. The number of methoxy groups -OCH3 is 1. The van der Waals surface area contributed by atoms with Crippen LogP contribution in [0.3, 0.4) is 0 Å². The molecule has 4 nitrogen and oxygen atoms in total. The molecular formula is C15H18N2O2. The lowest BCUT2D eigenvalue weighted by Crippen LogP contribution is -2.12. The second-order valence-electron chi connectivity index (χ2n) is 4.33. The number of aromatic nitrogens is 2. The van der Waals surface area contributed by atoms with Crippen molar-refractivity contribution in [3.05, 3.63) is 48.0 Å². The van der Waals surface area contributed by atoms with Crippen LogP contribution in [0, 0.1) is 0 Å². The van der Waals surface area contributed by atoms with E-state index in [1.54, 1.807) is 13.3 Å². The van der Waals surface area contributed by atoms with Crippen LogP contribution in [0.25, 0.3) is 0 Å². The van der Waals surface area contributed by atoms with Crippen LogP contribution in [0.1, 0.15) is 18.3 Å². The predicted molar refractivity (Wildman–Crippen MR) is 73.3 cm³/mol. The zero-order chi connectivity index (χ0) is 13.7. The number of ketones is 1. The number of carbonyl (C=O) groups excluding carboxylic acids is 1. The van der Waals surface area contributed by atoms with E-state index in [9.17, 15) is 4.79 Å². The number of ether oxygens (including phenoxy) is 1. The number of imidazole rings is 1. The normalized spacial score (nSPS) is 10.4. The predicted octanol–water partition coefficient (Wildman–Crippen LogP) is 2.27. The van der Waals surface area contributed by atoms with Crippen molar-refractivity contribution in [3.63, 3.8) is 0 Å². The summed E-state index contributed by atoms with van der Waals surface area (Å²) < 4.78 is 7.24. The fraction of sp³-hybridized carbons (Fsp3) is 0.333. The Balaban J connectivity index is 2.05. The molecule has 0 amide bonds. The van der Waals surface area contributed by atoms with Gasteiger partial charge in [0.15, 0.2) is 0 Å². The van der Waals surface area contributed by atoms with Crippen LogP contribution in [0.4, 0.5) is 0 Å². The molecule has 0 aliphatic heterocycles. The van der Waals surface area contributed by atoms with Crippen LogP contribution >= 0.6 is 0 Å². The summed E-state index contributed by atoms with van der Waals surface area (Å²) in [6.45, 7) is 2.87. The molecule has 0 saturated heterocycles. The van der Waals surface area contributed by atoms with Crippen molar-refractivity contribution in [3.8, 4) is 5.75 Å². The fourth-order valence-corrected chi connectivity index (χ4v) is 2.10. The van der Waals surface area contributed by atoms with Gasteiger partial charge in [0.25, 0.3) is 0 Å². The number of nitrogens with zero attached hydrogens (tertiary/aromatic N) is 2. The number of Topliss-reactive ketones (excluding diaryl/α,β-unsaturated/α-hetero) is 1. The molecule has 0 bridgehead atoms. The monoisotopic (exact) mass is 258 g/mol. The van der Waals surface area contributed by atoms with Gasteiger partial charge < -0.3 is 9.30 Å². The Morgan fingerprint density at radius 1 is 1.32 bits per heavy atom. The topological polar surface area (TPSA) is 44.1 Å². The molecule has 2 rings (SSSR count). The Labute approximate surface area is 113 Å². The van der Waals surface area contributed by atoms with Crippen molar-refractivity contribution in [1.29, 1.82) is 0 Å². The van der Waals surface area contributed by atoms with Gasteiger partial charge in [-0.25, -0.2) is 4.98 Å². The lowest BCUT2D eigenvalue weighted by atomic mass is 10.1. The van der Waals surface area contributed by atoms with Gasteiger partial charge in [0.05, 0.1) is 13.5 Å². The van der Waals surface area contributed by atoms with Gasteiger partial charge in [-0.3, -0.25) is 4.79 Å². The number of rotatable bonds is 6. The van der Waals surface area contributed by atoms with E-state index in [1.165, 1.54) is 0 Å². The second-order valence-corrected chi connectivity index (χ2v) is 4.33. The minimum Gasteiger partial charge on any atom is -0.496 e. The van der Waals surface area contributed by atoms with E-state index in [2.05, 4.69) is 4.98 Å². The van der Waals surface area contributed by atoms with Gasteiger partial charge in [-0.1, -0.05) is 18.2 Å². The van der Waals surface area contributed by atoms with Gasteiger partial charge in [0, 0.05) is 30.9 Å². The third kappa shape index (κ3) is 3.22. The van der Waals surface area contributed by atoms with Crippen molar-refractivity contribution in [2.75, 3.05) is 7.11 Å². The summed E-state index contributed by atoms with van der Waals surface area (Å²) in [6, 6.07) is 7.60. The molecule has 1 aromatic carbocycles. The minimum absolute atomic E-state index is 0.144.